The molecule has 2 rings (SSSR count). The number of hydrogen-bond acceptors (Lipinski definition) is 4. The monoisotopic (exact) mass is 203 g/mol. The highest BCUT2D eigenvalue weighted by molar-refractivity contribution is 5.99. The molecule has 0 spiro atoms. The van der Waals surface area contributed by atoms with Gasteiger partial charge in [0, 0.05) is 12.4 Å². The van der Waals surface area contributed by atoms with Crippen molar-refractivity contribution in [2.45, 2.75) is 6.92 Å². The number of aromatic nitrogens is 4. The number of hydrogen-bond donors (Lipinski definition) is 1. The van der Waals surface area contributed by atoms with Crippen LogP contribution in [0.15, 0.2) is 30.9 Å². The number of pyridine rings is 1. The Morgan fingerprint density at radius 1 is 1.53 bits per heavy atom. The van der Waals surface area contributed by atoms with Crippen molar-refractivity contribution < 1.29 is 4.79 Å². The van der Waals surface area contributed by atoms with Crippen LogP contribution in [0, 0.1) is 6.92 Å². The molecule has 0 saturated carbocycles. The Balaban J connectivity index is 2.15. The molecule has 76 valence electrons. The van der Waals surface area contributed by atoms with E-state index < -0.39 is 0 Å². The first-order valence-corrected chi connectivity index (χ1v) is 4.35. The van der Waals surface area contributed by atoms with Crippen molar-refractivity contribution in [2.24, 2.45) is 0 Å². The van der Waals surface area contributed by atoms with Gasteiger partial charge in [-0.2, -0.15) is 0 Å². The first-order valence-electron chi connectivity index (χ1n) is 4.35. The SMILES string of the molecule is Cc1nncn1NC(=O)c1cccnc1. The lowest BCUT2D eigenvalue weighted by Gasteiger charge is -2.05. The first kappa shape index (κ1) is 9.32. The molecular weight excluding hydrogens is 194 g/mol. The average molecular weight is 203 g/mol. The third kappa shape index (κ3) is 1.98. The summed E-state index contributed by atoms with van der Waals surface area (Å²) in [5.74, 6) is 0.373. The number of aryl methyl sites for hydroxylation is 1. The first-order chi connectivity index (χ1) is 7.27. The number of rotatable bonds is 2. The summed E-state index contributed by atoms with van der Waals surface area (Å²) in [5.41, 5.74) is 3.11. The largest absolute Gasteiger partial charge is 0.271 e. The van der Waals surface area contributed by atoms with Crippen LogP contribution in [-0.2, 0) is 0 Å². The zero-order valence-corrected chi connectivity index (χ0v) is 8.08. The summed E-state index contributed by atoms with van der Waals surface area (Å²) in [4.78, 5) is 15.5. The summed E-state index contributed by atoms with van der Waals surface area (Å²) in [6.07, 6.45) is 4.54. The van der Waals surface area contributed by atoms with Crippen molar-refractivity contribution >= 4 is 5.91 Å². The minimum atomic E-state index is -0.244. The summed E-state index contributed by atoms with van der Waals surface area (Å²) in [6.45, 7) is 1.75. The van der Waals surface area contributed by atoms with E-state index in [1.54, 1.807) is 25.3 Å². The quantitative estimate of drug-likeness (QED) is 0.765. The third-order valence-corrected chi connectivity index (χ3v) is 1.86. The maximum atomic E-state index is 11.6. The molecule has 6 nitrogen and oxygen atoms in total. The number of amides is 1. The smallest absolute Gasteiger partial charge is 0.267 e. The molecule has 0 saturated heterocycles. The van der Waals surface area contributed by atoms with Crippen LogP contribution in [0.25, 0.3) is 0 Å². The molecule has 2 heterocycles. The molecule has 6 heteroatoms. The lowest BCUT2D eigenvalue weighted by atomic mass is 10.3. The van der Waals surface area contributed by atoms with E-state index >= 15 is 0 Å². The van der Waals surface area contributed by atoms with Gasteiger partial charge < -0.3 is 0 Å². The van der Waals surface area contributed by atoms with Crippen molar-refractivity contribution in [3.05, 3.63) is 42.2 Å². The van der Waals surface area contributed by atoms with Crippen LogP contribution < -0.4 is 5.43 Å². The molecule has 0 unspecified atom stereocenters. The van der Waals surface area contributed by atoms with Crippen LogP contribution in [0.2, 0.25) is 0 Å². The summed E-state index contributed by atoms with van der Waals surface area (Å²) in [6, 6.07) is 3.38. The molecule has 0 aliphatic heterocycles. The van der Waals surface area contributed by atoms with Crippen LogP contribution in [0.3, 0.4) is 0 Å². The van der Waals surface area contributed by atoms with Crippen LogP contribution in [0.5, 0.6) is 0 Å². The Bertz CT molecular complexity index is 464. The maximum Gasteiger partial charge on any atom is 0.271 e. The Labute approximate surface area is 85.9 Å². The van der Waals surface area contributed by atoms with Crippen molar-refractivity contribution in [2.75, 3.05) is 5.43 Å². The van der Waals surface area contributed by atoms with E-state index in [2.05, 4.69) is 20.6 Å². The molecule has 0 aliphatic rings. The zero-order chi connectivity index (χ0) is 10.7. The predicted molar refractivity (Wildman–Crippen MR) is 52.7 cm³/mol. The average Bonchev–Trinajstić information content (AvgIpc) is 2.66. The maximum absolute atomic E-state index is 11.6. The molecule has 2 aromatic heterocycles. The number of carbonyl (C=O) groups excluding carboxylic acids is 1. The van der Waals surface area contributed by atoms with Crippen LogP contribution in [0.4, 0.5) is 0 Å². The molecule has 0 atom stereocenters. The lowest BCUT2D eigenvalue weighted by molar-refractivity contribution is 0.101. The number of nitrogens with one attached hydrogen (secondary N) is 1. The van der Waals surface area contributed by atoms with E-state index in [0.29, 0.717) is 11.4 Å². The predicted octanol–water partition coefficient (Wildman–Crippen LogP) is 0.365. The second-order valence-electron chi connectivity index (χ2n) is 2.93. The van der Waals surface area contributed by atoms with E-state index in [1.807, 2.05) is 0 Å². The Kier molecular flexibility index (Phi) is 2.40. The Morgan fingerprint density at radius 3 is 3.00 bits per heavy atom. The summed E-state index contributed by atoms with van der Waals surface area (Å²) < 4.78 is 1.45. The highest BCUT2D eigenvalue weighted by Gasteiger charge is 2.06. The summed E-state index contributed by atoms with van der Waals surface area (Å²) in [7, 11) is 0. The molecule has 0 radical (unpaired) electrons. The van der Waals surface area contributed by atoms with Gasteiger partial charge in [0.1, 0.15) is 12.2 Å². The van der Waals surface area contributed by atoms with Crippen LogP contribution >= 0.6 is 0 Å². The van der Waals surface area contributed by atoms with Gasteiger partial charge in [0.2, 0.25) is 0 Å². The highest BCUT2D eigenvalue weighted by Crippen LogP contribution is 1.97. The van der Waals surface area contributed by atoms with Gasteiger partial charge in [-0.15, -0.1) is 10.2 Å². The molecule has 15 heavy (non-hydrogen) atoms. The molecule has 1 N–H and O–H groups in total. The molecule has 0 aliphatic carbocycles. The molecule has 2 aromatic rings. The second kappa shape index (κ2) is 3.87. The molecular formula is C9H9N5O. The van der Waals surface area contributed by atoms with Gasteiger partial charge in [-0.3, -0.25) is 15.2 Å². The minimum Gasteiger partial charge on any atom is -0.267 e. The molecule has 1 amide bonds. The standard InChI is InChI=1S/C9H9N5O/c1-7-12-11-6-14(7)13-9(15)8-3-2-4-10-5-8/h2-6H,1H3,(H,13,15). The van der Waals surface area contributed by atoms with E-state index in [0.717, 1.165) is 0 Å². The Morgan fingerprint density at radius 2 is 2.40 bits per heavy atom. The molecule has 0 aromatic carbocycles. The van der Waals surface area contributed by atoms with Crippen molar-refractivity contribution in [3.8, 4) is 0 Å². The van der Waals surface area contributed by atoms with E-state index in [-0.39, 0.29) is 5.91 Å². The van der Waals surface area contributed by atoms with Gasteiger partial charge in [0.05, 0.1) is 5.56 Å². The fourth-order valence-electron chi connectivity index (χ4n) is 1.07. The van der Waals surface area contributed by atoms with Gasteiger partial charge in [-0.1, -0.05) is 0 Å². The van der Waals surface area contributed by atoms with Gasteiger partial charge >= 0.3 is 0 Å². The van der Waals surface area contributed by atoms with Crippen LogP contribution in [-0.4, -0.2) is 25.8 Å². The molecule has 0 bridgehead atoms. The van der Waals surface area contributed by atoms with Crippen molar-refractivity contribution in [3.63, 3.8) is 0 Å². The number of nitrogens with zero attached hydrogens (tertiary/aromatic N) is 4. The van der Waals surface area contributed by atoms with E-state index in [4.69, 9.17) is 0 Å². The van der Waals surface area contributed by atoms with E-state index in [1.165, 1.54) is 17.2 Å². The topological polar surface area (TPSA) is 72.7 Å². The zero-order valence-electron chi connectivity index (χ0n) is 8.08. The third-order valence-electron chi connectivity index (χ3n) is 1.86. The van der Waals surface area contributed by atoms with Crippen molar-refractivity contribution in [1.82, 2.24) is 19.9 Å². The van der Waals surface area contributed by atoms with Gasteiger partial charge in [0.15, 0.2) is 0 Å². The second-order valence-corrected chi connectivity index (χ2v) is 2.93. The lowest BCUT2D eigenvalue weighted by Crippen LogP contribution is -2.23. The van der Waals surface area contributed by atoms with Gasteiger partial charge in [-0.05, 0) is 19.1 Å². The molecule has 0 fully saturated rings. The fraction of sp³-hybridized carbons (Fsp3) is 0.111. The minimum absolute atomic E-state index is 0.244. The normalized spacial score (nSPS) is 9.93. The Hall–Kier alpha value is -2.24. The summed E-state index contributed by atoms with van der Waals surface area (Å²) in [5, 5.41) is 7.40. The highest BCUT2D eigenvalue weighted by atomic mass is 16.2. The summed E-state index contributed by atoms with van der Waals surface area (Å²) >= 11 is 0. The van der Waals surface area contributed by atoms with Crippen molar-refractivity contribution in [1.29, 1.82) is 0 Å². The van der Waals surface area contributed by atoms with Crippen LogP contribution in [0.1, 0.15) is 16.2 Å². The van der Waals surface area contributed by atoms with E-state index in [9.17, 15) is 4.79 Å². The van der Waals surface area contributed by atoms with Gasteiger partial charge in [-0.25, -0.2) is 4.68 Å². The number of carbonyl (C=O) groups is 1. The van der Waals surface area contributed by atoms with Gasteiger partial charge in [0.25, 0.3) is 5.91 Å². The fourth-order valence-corrected chi connectivity index (χ4v) is 1.07.